The second kappa shape index (κ2) is 10.8. The molecule has 2 heterocycles. The van der Waals surface area contributed by atoms with Crippen molar-refractivity contribution >= 4 is 35.4 Å². The molecule has 1 aliphatic rings. The molecule has 0 saturated carbocycles. The van der Waals surface area contributed by atoms with Crippen LogP contribution in [0, 0.1) is 5.92 Å². The van der Waals surface area contributed by atoms with Gasteiger partial charge in [-0.1, -0.05) is 19.1 Å². The molecule has 1 aliphatic heterocycles. The van der Waals surface area contributed by atoms with Gasteiger partial charge in [-0.3, -0.25) is 9.59 Å². The Hall–Kier alpha value is -3.89. The number of anilines is 3. The summed E-state index contributed by atoms with van der Waals surface area (Å²) in [5.41, 5.74) is 13.9. The fraction of sp³-hybridized carbons (Fsp3) is 0.435. The minimum absolute atomic E-state index is 0.159. The maximum absolute atomic E-state index is 12.4. The van der Waals surface area contributed by atoms with Crippen LogP contribution in [-0.4, -0.2) is 50.6 Å². The summed E-state index contributed by atoms with van der Waals surface area (Å²) in [6.45, 7) is 2.89. The van der Waals surface area contributed by atoms with Gasteiger partial charge in [0.05, 0.1) is 0 Å². The van der Waals surface area contributed by atoms with Crippen LogP contribution in [0.3, 0.4) is 0 Å². The molecule has 3 rings (SSSR count). The van der Waals surface area contributed by atoms with Crippen molar-refractivity contribution in [1.29, 1.82) is 0 Å². The number of nitrogens with one attached hydrogen (secondary N) is 2. The third-order valence-corrected chi connectivity index (χ3v) is 6.11. The molecular weight excluding hydrogens is 440 g/mol. The number of fused-ring (bicyclic) bond motifs is 1. The molecule has 1 amide bonds. The minimum atomic E-state index is -1.27. The molecule has 11 nitrogen and oxygen atoms in total. The molecule has 0 radical (unpaired) electrons. The zero-order chi connectivity index (χ0) is 24.8. The van der Waals surface area contributed by atoms with E-state index in [2.05, 4.69) is 27.5 Å². The Bertz CT molecular complexity index is 1060. The van der Waals surface area contributed by atoms with Crippen LogP contribution in [0.25, 0.3) is 0 Å². The lowest BCUT2D eigenvalue weighted by atomic mass is 9.87. The van der Waals surface area contributed by atoms with Crippen LogP contribution >= 0.6 is 0 Å². The van der Waals surface area contributed by atoms with E-state index >= 15 is 0 Å². The molecule has 8 N–H and O–H groups in total. The monoisotopic (exact) mass is 470 g/mol. The summed E-state index contributed by atoms with van der Waals surface area (Å²) in [6.07, 6.45) is 2.15. The second-order valence-electron chi connectivity index (χ2n) is 8.64. The molecule has 2 aromatic rings. The zero-order valence-electron chi connectivity index (χ0n) is 19.0. The van der Waals surface area contributed by atoms with E-state index in [9.17, 15) is 19.5 Å². The van der Waals surface area contributed by atoms with E-state index in [1.165, 1.54) is 0 Å². The molecular formula is C23H30N6O5. The lowest BCUT2D eigenvalue weighted by molar-refractivity contribution is -0.140. The number of hydrogen-bond acceptors (Lipinski definition) is 8. The van der Waals surface area contributed by atoms with Crippen LogP contribution in [-0.2, 0) is 16.0 Å². The van der Waals surface area contributed by atoms with Crippen LogP contribution in [0.15, 0.2) is 24.3 Å². The maximum atomic E-state index is 12.4. The summed E-state index contributed by atoms with van der Waals surface area (Å²) in [5, 5.41) is 23.6. The molecule has 0 saturated heterocycles. The molecule has 1 aromatic heterocycles. The van der Waals surface area contributed by atoms with Gasteiger partial charge in [0.15, 0.2) is 0 Å². The first-order chi connectivity index (χ1) is 16.1. The number of amides is 1. The highest BCUT2D eigenvalue weighted by Crippen LogP contribution is 2.31. The van der Waals surface area contributed by atoms with Gasteiger partial charge in [-0.15, -0.1) is 0 Å². The number of benzene rings is 1. The Balaban J connectivity index is 1.53. The number of hydrogen-bond donors (Lipinski definition) is 6. The summed E-state index contributed by atoms with van der Waals surface area (Å²) >= 11 is 0. The third-order valence-electron chi connectivity index (χ3n) is 6.11. The minimum Gasteiger partial charge on any atom is -0.481 e. The molecule has 3 atom stereocenters. The molecule has 1 aromatic carbocycles. The number of nitrogens with two attached hydrogens (primary N) is 2. The van der Waals surface area contributed by atoms with Crippen LogP contribution in [0.5, 0.6) is 0 Å². The van der Waals surface area contributed by atoms with Gasteiger partial charge in [0.1, 0.15) is 17.7 Å². The number of nitrogens with zero attached hydrogens (tertiary/aromatic N) is 2. The highest BCUT2D eigenvalue weighted by molar-refractivity contribution is 5.96. The lowest BCUT2D eigenvalue weighted by Gasteiger charge is -2.27. The molecule has 0 bridgehead atoms. The van der Waals surface area contributed by atoms with Gasteiger partial charge in [-0.05, 0) is 55.2 Å². The molecule has 2 unspecified atom stereocenters. The number of aromatic nitrogens is 2. The van der Waals surface area contributed by atoms with E-state index in [1.807, 2.05) is 12.1 Å². The summed E-state index contributed by atoms with van der Waals surface area (Å²) in [4.78, 5) is 42.6. The zero-order valence-corrected chi connectivity index (χ0v) is 19.0. The Kier molecular flexibility index (Phi) is 7.87. The van der Waals surface area contributed by atoms with Gasteiger partial charge < -0.3 is 32.3 Å². The lowest BCUT2D eigenvalue weighted by Crippen LogP contribution is -2.41. The number of nitrogen functional groups attached to an aromatic ring is 2. The molecule has 0 spiro atoms. The predicted molar refractivity (Wildman–Crippen MR) is 126 cm³/mol. The van der Waals surface area contributed by atoms with Gasteiger partial charge in [0.25, 0.3) is 5.91 Å². The molecule has 34 heavy (non-hydrogen) atoms. The Morgan fingerprint density at radius 1 is 1.15 bits per heavy atom. The summed E-state index contributed by atoms with van der Waals surface area (Å²) in [5.74, 6) is -1.03. The third kappa shape index (κ3) is 6.33. The normalized spacial score (nSPS) is 16.6. The molecule has 0 fully saturated rings. The SMILES string of the molecule is CC(CCC1CNc2nc(N)nc(N)c2C1)c1ccc(C(=O)N[C@@H](CCC(=O)O)C(=O)O)cc1. The molecule has 182 valence electrons. The number of carbonyl (C=O) groups excluding carboxylic acids is 1. The number of carbonyl (C=O) groups is 3. The Morgan fingerprint density at radius 2 is 1.85 bits per heavy atom. The van der Waals surface area contributed by atoms with E-state index in [0.717, 1.165) is 36.9 Å². The fourth-order valence-corrected chi connectivity index (χ4v) is 4.05. The average molecular weight is 471 g/mol. The van der Waals surface area contributed by atoms with Gasteiger partial charge >= 0.3 is 11.9 Å². The van der Waals surface area contributed by atoms with Crippen LogP contribution in [0.1, 0.15) is 60.0 Å². The molecule has 0 aliphatic carbocycles. The maximum Gasteiger partial charge on any atom is 0.326 e. The van der Waals surface area contributed by atoms with Crippen molar-refractivity contribution in [3.05, 3.63) is 41.0 Å². The summed E-state index contributed by atoms with van der Waals surface area (Å²) in [6, 6.07) is 5.76. The summed E-state index contributed by atoms with van der Waals surface area (Å²) in [7, 11) is 0. The van der Waals surface area contributed by atoms with E-state index < -0.39 is 23.9 Å². The predicted octanol–water partition coefficient (Wildman–Crippen LogP) is 1.86. The fourth-order valence-electron chi connectivity index (χ4n) is 4.05. The standard InChI is InChI=1S/C23H30N6O5/c1-12(2-3-13-10-16-19(24)28-23(25)29-20(16)26-11-13)14-4-6-15(7-5-14)21(32)27-17(22(33)34)8-9-18(30)31/h4-7,12-13,17H,2-3,8-11H2,1H3,(H,27,32)(H,30,31)(H,33,34)(H5,24,25,26,28,29)/t12?,13?,17-/m0/s1. The highest BCUT2D eigenvalue weighted by atomic mass is 16.4. The Morgan fingerprint density at radius 3 is 2.50 bits per heavy atom. The topological polar surface area (TPSA) is 194 Å². The number of rotatable bonds is 10. The quantitative estimate of drug-likeness (QED) is 0.298. The van der Waals surface area contributed by atoms with Crippen LogP contribution < -0.4 is 22.1 Å². The average Bonchev–Trinajstić information content (AvgIpc) is 2.79. The summed E-state index contributed by atoms with van der Waals surface area (Å²) < 4.78 is 0. The van der Waals surface area contributed by atoms with Crippen molar-refractivity contribution < 1.29 is 24.6 Å². The van der Waals surface area contributed by atoms with Gasteiger partial charge in [-0.25, -0.2) is 4.79 Å². The van der Waals surface area contributed by atoms with Gasteiger partial charge in [0, 0.05) is 24.1 Å². The van der Waals surface area contributed by atoms with Crippen molar-refractivity contribution in [2.45, 2.75) is 51.0 Å². The number of carboxylic acids is 2. The largest absolute Gasteiger partial charge is 0.481 e. The number of carboxylic acid groups (broad SMARTS) is 2. The smallest absolute Gasteiger partial charge is 0.326 e. The molecule has 11 heteroatoms. The van der Waals surface area contributed by atoms with E-state index in [4.69, 9.17) is 16.6 Å². The second-order valence-corrected chi connectivity index (χ2v) is 8.64. The van der Waals surface area contributed by atoms with Crippen molar-refractivity contribution in [3.8, 4) is 0 Å². The first-order valence-electron chi connectivity index (χ1n) is 11.1. The first-order valence-corrected chi connectivity index (χ1v) is 11.1. The number of aliphatic carboxylic acids is 2. The van der Waals surface area contributed by atoms with Crippen LogP contribution in [0.2, 0.25) is 0 Å². The highest BCUT2D eigenvalue weighted by Gasteiger charge is 2.24. The van der Waals surface area contributed by atoms with Crippen molar-refractivity contribution in [3.63, 3.8) is 0 Å². The Labute approximate surface area is 197 Å². The van der Waals surface area contributed by atoms with E-state index in [-0.39, 0.29) is 24.7 Å². The van der Waals surface area contributed by atoms with Crippen molar-refractivity contribution in [2.75, 3.05) is 23.3 Å². The first kappa shape index (κ1) is 24.7. The van der Waals surface area contributed by atoms with Gasteiger partial charge in [-0.2, -0.15) is 9.97 Å². The van der Waals surface area contributed by atoms with Gasteiger partial charge in [0.2, 0.25) is 5.95 Å². The van der Waals surface area contributed by atoms with E-state index in [0.29, 0.717) is 23.1 Å². The van der Waals surface area contributed by atoms with Crippen LogP contribution in [0.4, 0.5) is 17.6 Å². The van der Waals surface area contributed by atoms with Crippen molar-refractivity contribution in [2.24, 2.45) is 5.92 Å². The van der Waals surface area contributed by atoms with Crippen molar-refractivity contribution in [1.82, 2.24) is 15.3 Å². The van der Waals surface area contributed by atoms with E-state index in [1.54, 1.807) is 12.1 Å².